The lowest BCUT2D eigenvalue weighted by Crippen LogP contribution is -2.46. The fourth-order valence-electron chi connectivity index (χ4n) is 2.63. The molecule has 0 saturated carbocycles. The average Bonchev–Trinajstić information content (AvgIpc) is 2.24. The van der Waals surface area contributed by atoms with E-state index in [1.54, 1.807) is 4.90 Å². The van der Waals surface area contributed by atoms with Crippen molar-refractivity contribution in [3.8, 4) is 0 Å². The molecule has 0 saturated heterocycles. The van der Waals surface area contributed by atoms with Crippen molar-refractivity contribution in [2.24, 2.45) is 0 Å². The number of hydrogen-bond acceptors (Lipinski definition) is 2. The van der Waals surface area contributed by atoms with Gasteiger partial charge in [-0.3, -0.25) is 0 Å². The molecule has 1 heterocycles. The van der Waals surface area contributed by atoms with Crippen LogP contribution in [0.3, 0.4) is 0 Å². The molecule has 0 fully saturated rings. The van der Waals surface area contributed by atoms with E-state index in [2.05, 4.69) is 48.0 Å². The molecule has 0 spiro atoms. The van der Waals surface area contributed by atoms with Crippen LogP contribution in [0.15, 0.2) is 22.7 Å². The number of benzene rings is 1. The zero-order valence-electron chi connectivity index (χ0n) is 12.8. The van der Waals surface area contributed by atoms with Gasteiger partial charge in [-0.15, -0.1) is 0 Å². The zero-order valence-corrected chi connectivity index (χ0v) is 14.4. The molecule has 0 aliphatic carbocycles. The van der Waals surface area contributed by atoms with E-state index in [0.717, 1.165) is 4.47 Å². The maximum atomic E-state index is 12.3. The fourth-order valence-corrected chi connectivity index (χ4v) is 3.04. The lowest BCUT2D eigenvalue weighted by atomic mass is 9.78. The van der Waals surface area contributed by atoms with Gasteiger partial charge in [0.1, 0.15) is 5.60 Å². The van der Waals surface area contributed by atoms with Gasteiger partial charge in [-0.05, 0) is 44.0 Å². The fraction of sp³-hybridized carbons (Fsp3) is 0.562. The van der Waals surface area contributed by atoms with Crippen molar-refractivity contribution in [1.82, 2.24) is 4.90 Å². The molecule has 0 aromatic heterocycles. The summed E-state index contributed by atoms with van der Waals surface area (Å²) in [6.45, 7) is 11.3. The summed E-state index contributed by atoms with van der Waals surface area (Å²) in [5.41, 5.74) is 1.96. The minimum atomic E-state index is -0.460. The molecule has 1 amide bonds. The number of fused-ring (bicyclic) bond motifs is 1. The predicted octanol–water partition coefficient (Wildman–Crippen LogP) is 4.48. The quantitative estimate of drug-likeness (QED) is 0.697. The number of hydrogen-bond donors (Lipinski definition) is 0. The summed E-state index contributed by atoms with van der Waals surface area (Å²) in [4.78, 5) is 14.1. The minimum Gasteiger partial charge on any atom is -0.444 e. The molecule has 0 atom stereocenters. The van der Waals surface area contributed by atoms with Crippen LogP contribution in [-0.4, -0.2) is 23.1 Å². The summed E-state index contributed by atoms with van der Waals surface area (Å²) in [6.07, 6.45) is -0.240. The second-order valence-electron chi connectivity index (χ2n) is 7.02. The smallest absolute Gasteiger partial charge is 0.410 e. The molecular formula is C16H22BrNO2. The number of carbonyl (C=O) groups is 1. The maximum absolute atomic E-state index is 12.3. The summed E-state index contributed by atoms with van der Waals surface area (Å²) in [5.74, 6) is 0. The van der Waals surface area contributed by atoms with Gasteiger partial charge in [0.25, 0.3) is 0 Å². The second-order valence-corrected chi connectivity index (χ2v) is 7.94. The Morgan fingerprint density at radius 1 is 1.35 bits per heavy atom. The molecule has 0 bridgehead atoms. The van der Waals surface area contributed by atoms with Crippen molar-refractivity contribution >= 4 is 22.0 Å². The third-order valence-corrected chi connectivity index (χ3v) is 3.89. The maximum Gasteiger partial charge on any atom is 0.410 e. The Kier molecular flexibility index (Phi) is 3.89. The van der Waals surface area contributed by atoms with Crippen LogP contribution in [-0.2, 0) is 16.7 Å². The molecule has 2 rings (SSSR count). The number of amides is 1. The molecule has 4 heteroatoms. The Bertz CT molecular complexity index is 532. The Balaban J connectivity index is 2.28. The highest BCUT2D eigenvalue weighted by atomic mass is 79.9. The topological polar surface area (TPSA) is 29.5 Å². The Hall–Kier alpha value is -1.03. The number of halogens is 1. The highest BCUT2D eigenvalue weighted by Crippen LogP contribution is 2.35. The van der Waals surface area contributed by atoms with E-state index in [4.69, 9.17) is 4.74 Å². The van der Waals surface area contributed by atoms with Gasteiger partial charge in [0.05, 0.1) is 0 Å². The van der Waals surface area contributed by atoms with Crippen molar-refractivity contribution in [2.45, 2.75) is 52.2 Å². The van der Waals surface area contributed by atoms with Gasteiger partial charge in [0.15, 0.2) is 0 Å². The van der Waals surface area contributed by atoms with Gasteiger partial charge < -0.3 is 9.64 Å². The summed E-state index contributed by atoms with van der Waals surface area (Å²) < 4.78 is 6.53. The highest BCUT2D eigenvalue weighted by molar-refractivity contribution is 9.10. The van der Waals surface area contributed by atoms with E-state index in [1.165, 1.54) is 11.1 Å². The van der Waals surface area contributed by atoms with E-state index >= 15 is 0 Å². The SMILES string of the molecule is CC(C)(C)OC(=O)N1Cc2cc(Br)ccc2C(C)(C)C1. The van der Waals surface area contributed by atoms with Crippen LogP contribution in [0, 0.1) is 0 Å². The first-order valence-electron chi connectivity index (χ1n) is 6.85. The molecule has 3 nitrogen and oxygen atoms in total. The lowest BCUT2D eigenvalue weighted by molar-refractivity contribution is 0.0174. The molecule has 1 aromatic rings. The van der Waals surface area contributed by atoms with Crippen LogP contribution in [0.5, 0.6) is 0 Å². The normalized spacial score (nSPS) is 17.6. The first kappa shape index (κ1) is 15.4. The van der Waals surface area contributed by atoms with E-state index in [0.29, 0.717) is 13.1 Å². The molecule has 0 unspecified atom stereocenters. The first-order chi connectivity index (χ1) is 9.08. The Morgan fingerprint density at radius 3 is 2.60 bits per heavy atom. The summed E-state index contributed by atoms with van der Waals surface area (Å²) in [6, 6.07) is 6.29. The van der Waals surface area contributed by atoms with Gasteiger partial charge in [0, 0.05) is 23.0 Å². The predicted molar refractivity (Wildman–Crippen MR) is 83.8 cm³/mol. The van der Waals surface area contributed by atoms with Gasteiger partial charge in [-0.2, -0.15) is 0 Å². The van der Waals surface area contributed by atoms with Gasteiger partial charge in [-0.1, -0.05) is 35.8 Å². The van der Waals surface area contributed by atoms with Crippen LogP contribution in [0.25, 0.3) is 0 Å². The lowest BCUT2D eigenvalue weighted by Gasteiger charge is -2.40. The van der Waals surface area contributed by atoms with Crippen LogP contribution in [0.1, 0.15) is 45.7 Å². The van der Waals surface area contributed by atoms with Gasteiger partial charge >= 0.3 is 6.09 Å². The van der Waals surface area contributed by atoms with Crippen molar-refractivity contribution in [3.63, 3.8) is 0 Å². The van der Waals surface area contributed by atoms with Gasteiger partial charge in [0.2, 0.25) is 0 Å². The van der Waals surface area contributed by atoms with Crippen molar-refractivity contribution in [1.29, 1.82) is 0 Å². The van der Waals surface area contributed by atoms with E-state index < -0.39 is 5.60 Å². The molecule has 1 aliphatic heterocycles. The molecule has 1 aromatic carbocycles. The van der Waals surface area contributed by atoms with Crippen molar-refractivity contribution in [3.05, 3.63) is 33.8 Å². The standard InChI is InChI=1S/C16H22BrNO2/c1-15(2,3)20-14(19)18-9-11-8-12(17)6-7-13(11)16(4,5)10-18/h6-8H,9-10H2,1-5H3. The average molecular weight is 340 g/mol. The molecule has 1 aliphatic rings. The Labute approximate surface area is 129 Å². The van der Waals surface area contributed by atoms with Crippen LogP contribution in [0.2, 0.25) is 0 Å². The third kappa shape index (κ3) is 3.35. The number of ether oxygens (including phenoxy) is 1. The summed E-state index contributed by atoms with van der Waals surface area (Å²) >= 11 is 3.50. The molecular weight excluding hydrogens is 318 g/mol. The first-order valence-corrected chi connectivity index (χ1v) is 7.65. The van der Waals surface area contributed by atoms with Crippen LogP contribution < -0.4 is 0 Å². The third-order valence-electron chi connectivity index (χ3n) is 3.40. The van der Waals surface area contributed by atoms with E-state index in [-0.39, 0.29) is 11.5 Å². The summed E-state index contributed by atoms with van der Waals surface area (Å²) in [5, 5.41) is 0. The second kappa shape index (κ2) is 5.06. The number of carbonyl (C=O) groups excluding carboxylic acids is 1. The largest absolute Gasteiger partial charge is 0.444 e. The molecule has 20 heavy (non-hydrogen) atoms. The van der Waals surface area contributed by atoms with Gasteiger partial charge in [-0.25, -0.2) is 4.79 Å². The molecule has 110 valence electrons. The monoisotopic (exact) mass is 339 g/mol. The highest BCUT2D eigenvalue weighted by Gasteiger charge is 2.35. The number of rotatable bonds is 0. The Morgan fingerprint density at radius 2 is 2.00 bits per heavy atom. The van der Waals surface area contributed by atoms with E-state index in [9.17, 15) is 4.79 Å². The summed E-state index contributed by atoms with van der Waals surface area (Å²) in [7, 11) is 0. The number of nitrogens with zero attached hydrogens (tertiary/aromatic N) is 1. The van der Waals surface area contributed by atoms with Crippen LogP contribution in [0.4, 0.5) is 4.79 Å². The van der Waals surface area contributed by atoms with Crippen molar-refractivity contribution in [2.75, 3.05) is 6.54 Å². The van der Waals surface area contributed by atoms with Crippen molar-refractivity contribution < 1.29 is 9.53 Å². The zero-order chi connectivity index (χ0) is 15.1. The van der Waals surface area contributed by atoms with Crippen LogP contribution >= 0.6 is 15.9 Å². The van der Waals surface area contributed by atoms with E-state index in [1.807, 2.05) is 20.8 Å². The molecule has 0 N–H and O–H groups in total. The molecule has 0 radical (unpaired) electrons. The minimum absolute atomic E-state index is 0.0643.